The van der Waals surface area contributed by atoms with Gasteiger partial charge in [0.2, 0.25) is 0 Å². The number of halogens is 1. The first kappa shape index (κ1) is 19.8. The molecule has 1 atom stereocenters. The lowest BCUT2D eigenvalue weighted by molar-refractivity contribution is -0.136. The van der Waals surface area contributed by atoms with Crippen molar-refractivity contribution in [1.82, 2.24) is 4.57 Å². The van der Waals surface area contributed by atoms with E-state index in [0.29, 0.717) is 31.2 Å². The molecule has 3 heterocycles. The van der Waals surface area contributed by atoms with Gasteiger partial charge in [0, 0.05) is 9.90 Å². The molecule has 1 aliphatic heterocycles. The lowest BCUT2D eigenvalue weighted by Gasteiger charge is -2.25. The van der Waals surface area contributed by atoms with Crippen molar-refractivity contribution in [2.24, 2.45) is 4.99 Å². The number of allylic oxidation sites excluding steroid dienone is 1. The molecule has 0 N–H and O–H groups in total. The van der Waals surface area contributed by atoms with Crippen molar-refractivity contribution < 1.29 is 9.53 Å². The van der Waals surface area contributed by atoms with Gasteiger partial charge in [-0.05, 0) is 48.6 Å². The molecule has 2 aromatic heterocycles. The second kappa shape index (κ2) is 7.74. The van der Waals surface area contributed by atoms with Gasteiger partial charge in [-0.15, -0.1) is 11.3 Å². The molecule has 0 aliphatic carbocycles. The molecule has 0 amide bonds. The van der Waals surface area contributed by atoms with E-state index >= 15 is 0 Å². The van der Waals surface area contributed by atoms with Gasteiger partial charge in [0.15, 0.2) is 4.80 Å². The number of hydrogen-bond acceptors (Lipinski definition) is 6. The largest absolute Gasteiger partial charge is 0.466 e. The molecule has 0 spiro atoms. The van der Waals surface area contributed by atoms with Crippen LogP contribution in [-0.2, 0) is 9.53 Å². The maximum atomic E-state index is 13.4. The normalized spacial score (nSPS) is 16.6. The van der Waals surface area contributed by atoms with E-state index in [0.717, 1.165) is 10.4 Å². The topological polar surface area (TPSA) is 60.7 Å². The van der Waals surface area contributed by atoms with Gasteiger partial charge < -0.3 is 4.74 Å². The number of hydrogen-bond donors (Lipinski definition) is 0. The lowest BCUT2D eigenvalue weighted by Crippen LogP contribution is -2.39. The number of thiazole rings is 1. The summed E-state index contributed by atoms with van der Waals surface area (Å²) in [6.07, 6.45) is 1.88. The Labute approximate surface area is 179 Å². The third-order valence-electron chi connectivity index (χ3n) is 4.79. The fourth-order valence-electron chi connectivity index (χ4n) is 3.34. The van der Waals surface area contributed by atoms with Gasteiger partial charge in [-0.3, -0.25) is 9.36 Å². The molecule has 0 unspecified atom stereocenters. The van der Waals surface area contributed by atoms with Gasteiger partial charge in [-0.25, -0.2) is 9.79 Å². The SMILES string of the molecule is COC(=O)C1=C(C)N=c2sc(=Cc3sccc3C)c(=O)n2[C@@H]1c1ccccc1Cl. The molecule has 0 radical (unpaired) electrons. The predicted octanol–water partition coefficient (Wildman–Crippen LogP) is 3.43. The Morgan fingerprint density at radius 1 is 1.28 bits per heavy atom. The Balaban J connectivity index is 2.03. The van der Waals surface area contributed by atoms with Crippen LogP contribution in [0.2, 0.25) is 5.02 Å². The van der Waals surface area contributed by atoms with Gasteiger partial charge in [0.1, 0.15) is 6.04 Å². The summed E-state index contributed by atoms with van der Waals surface area (Å²) in [5, 5.41) is 2.46. The lowest BCUT2D eigenvalue weighted by atomic mass is 9.96. The van der Waals surface area contributed by atoms with Crippen LogP contribution in [0.1, 0.15) is 29.0 Å². The van der Waals surface area contributed by atoms with Crippen LogP contribution in [0.5, 0.6) is 0 Å². The van der Waals surface area contributed by atoms with Gasteiger partial charge in [0.05, 0.1) is 22.9 Å². The minimum Gasteiger partial charge on any atom is -0.466 e. The van der Waals surface area contributed by atoms with E-state index in [4.69, 9.17) is 16.3 Å². The third-order valence-corrected chi connectivity index (χ3v) is 7.08. The summed E-state index contributed by atoms with van der Waals surface area (Å²) in [4.78, 5) is 32.1. The molecule has 3 aromatic rings. The van der Waals surface area contributed by atoms with Crippen molar-refractivity contribution in [2.75, 3.05) is 7.11 Å². The number of fused-ring (bicyclic) bond motifs is 1. The summed E-state index contributed by atoms with van der Waals surface area (Å²) in [6, 6.07) is 8.51. The number of aryl methyl sites for hydroxylation is 1. The second-order valence-electron chi connectivity index (χ2n) is 6.56. The first-order valence-corrected chi connectivity index (χ1v) is 10.9. The third kappa shape index (κ3) is 3.39. The molecular weight excluding hydrogens is 428 g/mol. The minimum absolute atomic E-state index is 0.208. The highest BCUT2D eigenvalue weighted by Gasteiger charge is 2.34. The zero-order valence-corrected chi connectivity index (χ0v) is 18.3. The summed E-state index contributed by atoms with van der Waals surface area (Å²) >= 11 is 9.34. The van der Waals surface area contributed by atoms with Crippen molar-refractivity contribution in [3.05, 3.63) is 87.7 Å². The Morgan fingerprint density at radius 3 is 2.69 bits per heavy atom. The summed E-state index contributed by atoms with van der Waals surface area (Å²) < 4.78 is 7.10. The van der Waals surface area contributed by atoms with E-state index in [-0.39, 0.29) is 5.56 Å². The van der Waals surface area contributed by atoms with E-state index in [9.17, 15) is 9.59 Å². The molecule has 29 heavy (non-hydrogen) atoms. The van der Waals surface area contributed by atoms with Crippen LogP contribution in [0.4, 0.5) is 0 Å². The molecule has 8 heteroatoms. The summed E-state index contributed by atoms with van der Waals surface area (Å²) in [7, 11) is 1.32. The van der Waals surface area contributed by atoms with Crippen molar-refractivity contribution in [3.8, 4) is 0 Å². The first-order chi connectivity index (χ1) is 13.9. The fourth-order valence-corrected chi connectivity index (χ4v) is 5.54. The number of methoxy groups -OCH3 is 1. The molecule has 0 fully saturated rings. The second-order valence-corrected chi connectivity index (χ2v) is 8.93. The van der Waals surface area contributed by atoms with Crippen molar-refractivity contribution in [1.29, 1.82) is 0 Å². The Hall–Kier alpha value is -2.48. The number of thiophene rings is 1. The first-order valence-electron chi connectivity index (χ1n) is 8.81. The molecule has 4 rings (SSSR count). The van der Waals surface area contributed by atoms with Gasteiger partial charge in [-0.1, -0.05) is 41.1 Å². The molecule has 1 aromatic carbocycles. The van der Waals surface area contributed by atoms with Crippen LogP contribution >= 0.6 is 34.3 Å². The smallest absolute Gasteiger partial charge is 0.338 e. The van der Waals surface area contributed by atoms with E-state index < -0.39 is 12.0 Å². The number of nitrogens with zero attached hydrogens (tertiary/aromatic N) is 2. The molecule has 1 aliphatic rings. The van der Waals surface area contributed by atoms with Gasteiger partial charge in [-0.2, -0.15) is 0 Å². The highest BCUT2D eigenvalue weighted by Crippen LogP contribution is 2.34. The average Bonchev–Trinajstić information content (AvgIpc) is 3.24. The maximum Gasteiger partial charge on any atom is 0.338 e. The zero-order valence-electron chi connectivity index (χ0n) is 15.9. The highest BCUT2D eigenvalue weighted by molar-refractivity contribution is 7.11. The summed E-state index contributed by atoms with van der Waals surface area (Å²) in [5.41, 5.74) is 2.38. The van der Waals surface area contributed by atoms with Crippen LogP contribution in [0.15, 0.2) is 56.8 Å². The molecular formula is C21H17ClN2O3S2. The summed E-state index contributed by atoms with van der Waals surface area (Å²) in [5.74, 6) is -0.528. The number of ether oxygens (including phenoxy) is 1. The maximum absolute atomic E-state index is 13.4. The van der Waals surface area contributed by atoms with E-state index in [1.54, 1.807) is 28.9 Å². The average molecular weight is 445 g/mol. The summed E-state index contributed by atoms with van der Waals surface area (Å²) in [6.45, 7) is 3.75. The number of aromatic nitrogens is 1. The Bertz CT molecular complexity index is 1330. The number of carbonyl (C=O) groups excluding carboxylic acids is 1. The van der Waals surface area contributed by atoms with Crippen molar-refractivity contribution in [2.45, 2.75) is 19.9 Å². The molecule has 5 nitrogen and oxygen atoms in total. The molecule has 148 valence electrons. The van der Waals surface area contributed by atoms with Gasteiger partial charge >= 0.3 is 5.97 Å². The fraction of sp³-hybridized carbons (Fsp3) is 0.190. The highest BCUT2D eigenvalue weighted by atomic mass is 35.5. The van der Waals surface area contributed by atoms with Crippen molar-refractivity contribution >= 4 is 46.3 Å². The molecule has 0 saturated heterocycles. The van der Waals surface area contributed by atoms with E-state index in [1.165, 1.54) is 18.4 Å². The van der Waals surface area contributed by atoms with E-state index in [1.807, 2.05) is 42.6 Å². The monoisotopic (exact) mass is 444 g/mol. The van der Waals surface area contributed by atoms with Crippen molar-refractivity contribution in [3.63, 3.8) is 0 Å². The zero-order chi connectivity index (χ0) is 20.7. The molecule has 0 bridgehead atoms. The Morgan fingerprint density at radius 2 is 2.03 bits per heavy atom. The molecule has 0 saturated carbocycles. The van der Waals surface area contributed by atoms with Crippen LogP contribution in [0.3, 0.4) is 0 Å². The van der Waals surface area contributed by atoms with Gasteiger partial charge in [0.25, 0.3) is 5.56 Å². The standard InChI is InChI=1S/C21H17ClN2O3S2/c1-11-8-9-28-15(11)10-16-19(25)24-18(13-6-4-5-7-14(13)22)17(20(26)27-3)12(2)23-21(24)29-16/h4-10,18H,1-3H3/t18-/m1/s1. The number of benzene rings is 1. The number of rotatable bonds is 3. The van der Waals surface area contributed by atoms with E-state index in [2.05, 4.69) is 4.99 Å². The van der Waals surface area contributed by atoms with Crippen LogP contribution in [-0.4, -0.2) is 17.6 Å². The van der Waals surface area contributed by atoms with Crippen LogP contribution < -0.4 is 14.9 Å². The van der Waals surface area contributed by atoms with Crippen LogP contribution in [0, 0.1) is 6.92 Å². The number of esters is 1. The Kier molecular flexibility index (Phi) is 5.29. The minimum atomic E-state index is -0.695. The predicted molar refractivity (Wildman–Crippen MR) is 116 cm³/mol. The quantitative estimate of drug-likeness (QED) is 0.581. The number of carbonyl (C=O) groups is 1. The van der Waals surface area contributed by atoms with Crippen LogP contribution in [0.25, 0.3) is 6.08 Å².